The van der Waals surface area contributed by atoms with Gasteiger partial charge in [-0.1, -0.05) is 18.2 Å². The highest BCUT2D eigenvalue weighted by Crippen LogP contribution is 2.20. The number of carbonyl (C=O) groups is 2. The summed E-state index contributed by atoms with van der Waals surface area (Å²) in [5, 5.41) is 6.28. The van der Waals surface area contributed by atoms with E-state index in [0.717, 1.165) is 10.9 Å². The molecule has 2 aromatic heterocycles. The lowest BCUT2D eigenvalue weighted by Gasteiger charge is -2.10. The fraction of sp³-hybridized carbons (Fsp3) is 0.200. The van der Waals surface area contributed by atoms with Crippen LogP contribution >= 0.6 is 11.6 Å². The number of aromatic nitrogens is 2. The average Bonchev–Trinajstić information content (AvgIpc) is 2.71. The molecular weight excluding hydrogens is 380 g/mol. The number of nitrogens with one attached hydrogen (secondary N) is 2. The van der Waals surface area contributed by atoms with Gasteiger partial charge < -0.3 is 15.2 Å². The number of para-hydroxylation sites is 1. The van der Waals surface area contributed by atoms with Crippen molar-refractivity contribution in [3.05, 3.63) is 65.2 Å². The first-order valence-electron chi connectivity index (χ1n) is 8.77. The molecule has 144 valence electrons. The van der Waals surface area contributed by atoms with Crippen LogP contribution in [-0.4, -0.2) is 27.2 Å². The normalized spacial score (nSPS) is 10.6. The molecule has 0 saturated carbocycles. The van der Waals surface area contributed by atoms with Crippen LogP contribution in [0.5, 0.6) is 0 Å². The van der Waals surface area contributed by atoms with Gasteiger partial charge in [-0.15, -0.1) is 11.6 Å². The lowest BCUT2D eigenvalue weighted by atomic mass is 10.2. The van der Waals surface area contributed by atoms with Gasteiger partial charge in [0.25, 0.3) is 5.56 Å². The summed E-state index contributed by atoms with van der Waals surface area (Å²) >= 11 is 5.45. The molecular formula is C20H19ClN4O3. The van der Waals surface area contributed by atoms with Crippen molar-refractivity contribution in [3.8, 4) is 0 Å². The first kappa shape index (κ1) is 19.6. The average molecular weight is 399 g/mol. The number of hydrogen-bond donors (Lipinski definition) is 2. The van der Waals surface area contributed by atoms with E-state index in [0.29, 0.717) is 18.7 Å². The molecule has 8 heteroatoms. The first-order valence-corrected chi connectivity index (χ1v) is 9.31. The Morgan fingerprint density at radius 2 is 1.75 bits per heavy atom. The summed E-state index contributed by atoms with van der Waals surface area (Å²) in [5.74, 6) is -0.824. The number of anilines is 2. The third-order valence-corrected chi connectivity index (χ3v) is 4.37. The predicted molar refractivity (Wildman–Crippen MR) is 110 cm³/mol. The van der Waals surface area contributed by atoms with E-state index in [4.69, 9.17) is 11.6 Å². The van der Waals surface area contributed by atoms with Gasteiger partial charge in [0.05, 0.1) is 11.2 Å². The fourth-order valence-electron chi connectivity index (χ4n) is 2.82. The number of carbonyl (C=O) groups excluding carboxylic acids is 2. The van der Waals surface area contributed by atoms with Crippen LogP contribution in [-0.2, 0) is 16.1 Å². The molecule has 3 aromatic rings. The number of aryl methyl sites for hydroxylation is 1. The minimum atomic E-state index is -0.445. The highest BCUT2D eigenvalue weighted by molar-refractivity contribution is 6.29. The third kappa shape index (κ3) is 4.75. The number of nitrogens with zero attached hydrogens (tertiary/aromatic N) is 2. The molecule has 0 spiro atoms. The topological polar surface area (TPSA) is 93.1 Å². The number of halogens is 1. The van der Waals surface area contributed by atoms with E-state index < -0.39 is 5.91 Å². The van der Waals surface area contributed by atoms with Crippen LogP contribution in [0.2, 0.25) is 0 Å². The summed E-state index contributed by atoms with van der Waals surface area (Å²) in [7, 11) is 0. The smallest absolute Gasteiger partial charge is 0.274 e. The Kier molecular flexibility index (Phi) is 6.39. The molecule has 0 radical (unpaired) electrons. The number of hydrogen-bond acceptors (Lipinski definition) is 4. The summed E-state index contributed by atoms with van der Waals surface area (Å²) in [5.41, 5.74) is 1.22. The van der Waals surface area contributed by atoms with Crippen LogP contribution in [0.1, 0.15) is 12.8 Å². The lowest BCUT2D eigenvalue weighted by molar-refractivity contribution is -0.116. The Balaban J connectivity index is 1.59. The molecule has 0 aliphatic rings. The zero-order chi connectivity index (χ0) is 19.9. The quantitative estimate of drug-likeness (QED) is 0.598. The lowest BCUT2D eigenvalue weighted by Crippen LogP contribution is -2.26. The van der Waals surface area contributed by atoms with Crippen molar-refractivity contribution in [3.63, 3.8) is 0 Å². The summed E-state index contributed by atoms with van der Waals surface area (Å²) in [6.45, 7) is 0.352. The fourth-order valence-corrected chi connectivity index (χ4v) is 2.89. The van der Waals surface area contributed by atoms with Gasteiger partial charge in [-0.05, 0) is 30.7 Å². The van der Waals surface area contributed by atoms with Crippen LogP contribution in [0.4, 0.5) is 11.4 Å². The maximum atomic E-state index is 12.3. The van der Waals surface area contributed by atoms with E-state index in [2.05, 4.69) is 15.6 Å². The summed E-state index contributed by atoms with van der Waals surface area (Å²) < 4.78 is 1.45. The van der Waals surface area contributed by atoms with Crippen molar-refractivity contribution in [1.29, 1.82) is 0 Å². The molecule has 0 aliphatic carbocycles. The Hall–Kier alpha value is -3.19. The number of alkyl halides is 1. The summed E-state index contributed by atoms with van der Waals surface area (Å²) in [6.07, 6.45) is 4.01. The maximum Gasteiger partial charge on any atom is 0.274 e. The van der Waals surface area contributed by atoms with Crippen molar-refractivity contribution in [2.45, 2.75) is 19.4 Å². The predicted octanol–water partition coefficient (Wildman–Crippen LogP) is 2.99. The molecule has 3 rings (SSSR count). The molecule has 0 saturated heterocycles. The zero-order valence-corrected chi connectivity index (χ0v) is 15.8. The van der Waals surface area contributed by atoms with Gasteiger partial charge in [-0.3, -0.25) is 19.4 Å². The van der Waals surface area contributed by atoms with E-state index >= 15 is 0 Å². The van der Waals surface area contributed by atoms with Crippen molar-refractivity contribution in [1.82, 2.24) is 9.55 Å². The standard InChI is InChI=1S/C20H19ClN4O3/c21-13-18(27)24-16-8-3-11-25(20(16)28)12-4-9-17(26)23-15-7-1-5-14-6-2-10-22-19(14)15/h1-3,5-8,10-11H,4,9,12-13H2,(H,23,26)(H,24,27). The first-order chi connectivity index (χ1) is 13.6. The second kappa shape index (κ2) is 9.14. The number of amides is 2. The Bertz CT molecular complexity index is 1060. The van der Waals surface area contributed by atoms with E-state index in [-0.39, 0.29) is 29.5 Å². The van der Waals surface area contributed by atoms with Crippen molar-refractivity contribution in [2.75, 3.05) is 16.5 Å². The summed E-state index contributed by atoms with van der Waals surface area (Å²) in [6, 6.07) is 12.5. The van der Waals surface area contributed by atoms with Gasteiger partial charge >= 0.3 is 0 Å². The monoisotopic (exact) mass is 398 g/mol. The van der Waals surface area contributed by atoms with Gasteiger partial charge in [0.15, 0.2) is 0 Å². The second-order valence-electron chi connectivity index (χ2n) is 6.13. The molecule has 2 amide bonds. The molecule has 1 aromatic carbocycles. The molecule has 0 atom stereocenters. The zero-order valence-electron chi connectivity index (χ0n) is 15.0. The SMILES string of the molecule is O=C(CCl)Nc1cccn(CCCC(=O)Nc2cccc3cccnc23)c1=O. The Morgan fingerprint density at radius 1 is 1.00 bits per heavy atom. The minimum Gasteiger partial charge on any atom is -0.324 e. The number of benzene rings is 1. The number of rotatable bonds is 7. The minimum absolute atomic E-state index is 0.155. The highest BCUT2D eigenvalue weighted by atomic mass is 35.5. The van der Waals surface area contributed by atoms with E-state index in [1.807, 2.05) is 24.3 Å². The molecule has 2 heterocycles. The van der Waals surface area contributed by atoms with Gasteiger partial charge in [-0.25, -0.2) is 0 Å². The van der Waals surface area contributed by atoms with Crippen LogP contribution in [0.25, 0.3) is 10.9 Å². The van der Waals surface area contributed by atoms with Crippen molar-refractivity contribution < 1.29 is 9.59 Å². The van der Waals surface area contributed by atoms with Gasteiger partial charge in [0.2, 0.25) is 11.8 Å². The second-order valence-corrected chi connectivity index (χ2v) is 6.40. The molecule has 0 aliphatic heterocycles. The van der Waals surface area contributed by atoms with Crippen LogP contribution in [0, 0.1) is 0 Å². The molecule has 7 nitrogen and oxygen atoms in total. The van der Waals surface area contributed by atoms with Gasteiger partial charge in [-0.2, -0.15) is 0 Å². The summed E-state index contributed by atoms with van der Waals surface area (Å²) in [4.78, 5) is 40.3. The molecule has 0 fully saturated rings. The third-order valence-electron chi connectivity index (χ3n) is 4.13. The van der Waals surface area contributed by atoms with E-state index in [1.165, 1.54) is 10.6 Å². The van der Waals surface area contributed by atoms with E-state index in [9.17, 15) is 14.4 Å². The van der Waals surface area contributed by atoms with Crippen molar-refractivity contribution >= 4 is 45.7 Å². The maximum absolute atomic E-state index is 12.3. The number of fused-ring (bicyclic) bond motifs is 1. The Labute approximate surface area is 166 Å². The van der Waals surface area contributed by atoms with Crippen LogP contribution < -0.4 is 16.2 Å². The van der Waals surface area contributed by atoms with Crippen LogP contribution in [0.3, 0.4) is 0 Å². The number of pyridine rings is 2. The van der Waals surface area contributed by atoms with Crippen molar-refractivity contribution in [2.24, 2.45) is 0 Å². The highest BCUT2D eigenvalue weighted by Gasteiger charge is 2.09. The molecule has 0 bridgehead atoms. The molecule has 2 N–H and O–H groups in total. The van der Waals surface area contributed by atoms with Gasteiger partial charge in [0, 0.05) is 30.7 Å². The molecule has 28 heavy (non-hydrogen) atoms. The molecule has 0 unspecified atom stereocenters. The van der Waals surface area contributed by atoms with Crippen LogP contribution in [0.15, 0.2) is 59.7 Å². The largest absolute Gasteiger partial charge is 0.324 e. The Morgan fingerprint density at radius 3 is 2.57 bits per heavy atom. The van der Waals surface area contributed by atoms with E-state index in [1.54, 1.807) is 24.5 Å². The van der Waals surface area contributed by atoms with Gasteiger partial charge in [0.1, 0.15) is 11.6 Å².